The van der Waals surface area contributed by atoms with Crippen LogP contribution in [0.15, 0.2) is 0 Å². The second-order valence-corrected chi connectivity index (χ2v) is 4.99. The van der Waals surface area contributed by atoms with Crippen LogP contribution in [0, 0.1) is 0 Å². The number of carbonyl (C=O) groups is 1. The SMILES string of the molecule is CNC(=O)CC(CN)N(C)C1CCCN(C)C1. The molecule has 1 aliphatic heterocycles. The lowest BCUT2D eigenvalue weighted by atomic mass is 10.0. The molecule has 100 valence electrons. The van der Waals surface area contributed by atoms with Gasteiger partial charge in [-0.15, -0.1) is 0 Å². The topological polar surface area (TPSA) is 61.6 Å². The van der Waals surface area contributed by atoms with Crippen LogP contribution in [0.2, 0.25) is 0 Å². The minimum atomic E-state index is 0.0662. The summed E-state index contributed by atoms with van der Waals surface area (Å²) < 4.78 is 0. The monoisotopic (exact) mass is 242 g/mol. The molecule has 0 aromatic carbocycles. The van der Waals surface area contributed by atoms with Gasteiger partial charge in [0, 0.05) is 38.6 Å². The first-order chi connectivity index (χ1) is 8.08. The van der Waals surface area contributed by atoms with Crippen molar-refractivity contribution in [3.05, 3.63) is 0 Å². The lowest BCUT2D eigenvalue weighted by Gasteiger charge is -2.39. The van der Waals surface area contributed by atoms with E-state index in [9.17, 15) is 4.79 Å². The molecule has 0 radical (unpaired) electrons. The summed E-state index contributed by atoms with van der Waals surface area (Å²) in [7, 11) is 5.91. The molecule has 1 amide bonds. The van der Waals surface area contributed by atoms with Crippen LogP contribution in [0.5, 0.6) is 0 Å². The zero-order valence-electron chi connectivity index (χ0n) is 11.3. The third-order valence-electron chi connectivity index (χ3n) is 3.72. The van der Waals surface area contributed by atoms with E-state index in [0.717, 1.165) is 6.54 Å². The molecule has 2 atom stereocenters. The maximum atomic E-state index is 11.4. The highest BCUT2D eigenvalue weighted by Crippen LogP contribution is 2.16. The van der Waals surface area contributed by atoms with Crippen molar-refractivity contribution < 1.29 is 4.79 Å². The van der Waals surface area contributed by atoms with Crippen LogP contribution in [-0.2, 0) is 4.79 Å². The fourth-order valence-corrected chi connectivity index (χ4v) is 2.48. The van der Waals surface area contributed by atoms with E-state index in [-0.39, 0.29) is 11.9 Å². The van der Waals surface area contributed by atoms with E-state index in [2.05, 4.69) is 29.2 Å². The van der Waals surface area contributed by atoms with Gasteiger partial charge in [0.25, 0.3) is 0 Å². The number of amides is 1. The van der Waals surface area contributed by atoms with Crippen molar-refractivity contribution in [3.8, 4) is 0 Å². The van der Waals surface area contributed by atoms with Gasteiger partial charge in [0.1, 0.15) is 0 Å². The Morgan fingerprint density at radius 2 is 2.35 bits per heavy atom. The second-order valence-electron chi connectivity index (χ2n) is 4.99. The van der Waals surface area contributed by atoms with E-state index in [0.29, 0.717) is 19.0 Å². The predicted molar refractivity (Wildman–Crippen MR) is 69.8 cm³/mol. The molecule has 17 heavy (non-hydrogen) atoms. The van der Waals surface area contributed by atoms with E-state index in [4.69, 9.17) is 5.73 Å². The van der Waals surface area contributed by atoms with Crippen molar-refractivity contribution in [2.45, 2.75) is 31.3 Å². The van der Waals surface area contributed by atoms with Crippen molar-refractivity contribution in [1.29, 1.82) is 0 Å². The number of likely N-dealkylation sites (tertiary alicyclic amines) is 1. The molecule has 5 nitrogen and oxygen atoms in total. The third-order valence-corrected chi connectivity index (χ3v) is 3.72. The quantitative estimate of drug-likeness (QED) is 0.681. The molecule has 1 saturated heterocycles. The summed E-state index contributed by atoms with van der Waals surface area (Å²) in [6.07, 6.45) is 2.91. The van der Waals surface area contributed by atoms with Crippen molar-refractivity contribution in [2.75, 3.05) is 40.8 Å². The van der Waals surface area contributed by atoms with Crippen molar-refractivity contribution in [3.63, 3.8) is 0 Å². The smallest absolute Gasteiger partial charge is 0.221 e. The summed E-state index contributed by atoms with van der Waals surface area (Å²) in [6, 6.07) is 0.665. The molecule has 1 heterocycles. The molecule has 5 heteroatoms. The largest absolute Gasteiger partial charge is 0.359 e. The number of hydrogen-bond donors (Lipinski definition) is 2. The van der Waals surface area contributed by atoms with Gasteiger partial charge in [0.05, 0.1) is 0 Å². The first-order valence-corrected chi connectivity index (χ1v) is 6.39. The number of nitrogens with zero attached hydrogens (tertiary/aromatic N) is 2. The van der Waals surface area contributed by atoms with E-state index in [1.807, 2.05) is 0 Å². The van der Waals surface area contributed by atoms with Gasteiger partial charge in [-0.25, -0.2) is 0 Å². The summed E-state index contributed by atoms with van der Waals surface area (Å²) >= 11 is 0. The average Bonchev–Trinajstić information content (AvgIpc) is 2.34. The van der Waals surface area contributed by atoms with Crippen LogP contribution in [-0.4, -0.2) is 68.6 Å². The number of carbonyl (C=O) groups excluding carboxylic acids is 1. The van der Waals surface area contributed by atoms with Crippen LogP contribution >= 0.6 is 0 Å². The zero-order valence-corrected chi connectivity index (χ0v) is 11.3. The third kappa shape index (κ3) is 4.26. The van der Waals surface area contributed by atoms with Crippen molar-refractivity contribution in [2.24, 2.45) is 5.73 Å². The van der Waals surface area contributed by atoms with Crippen LogP contribution in [0.1, 0.15) is 19.3 Å². The van der Waals surface area contributed by atoms with Crippen molar-refractivity contribution in [1.82, 2.24) is 15.1 Å². The van der Waals surface area contributed by atoms with Gasteiger partial charge < -0.3 is 16.0 Å². The Bertz CT molecular complexity index is 247. The first-order valence-electron chi connectivity index (χ1n) is 6.39. The Balaban J connectivity index is 2.52. The molecule has 2 unspecified atom stereocenters. The fraction of sp³-hybridized carbons (Fsp3) is 0.917. The van der Waals surface area contributed by atoms with Gasteiger partial charge in [0.15, 0.2) is 0 Å². The molecule has 0 spiro atoms. The van der Waals surface area contributed by atoms with Gasteiger partial charge in [-0.05, 0) is 33.5 Å². The number of nitrogens with one attached hydrogen (secondary N) is 1. The normalized spacial score (nSPS) is 23.7. The zero-order chi connectivity index (χ0) is 12.8. The number of nitrogens with two attached hydrogens (primary N) is 1. The predicted octanol–water partition coefficient (Wildman–Crippen LogP) is -0.524. The Labute approximate surface area is 104 Å². The van der Waals surface area contributed by atoms with E-state index < -0.39 is 0 Å². The molecule has 1 rings (SSSR count). The molecule has 0 saturated carbocycles. The van der Waals surface area contributed by atoms with Crippen LogP contribution in [0.25, 0.3) is 0 Å². The number of hydrogen-bond acceptors (Lipinski definition) is 4. The summed E-state index contributed by atoms with van der Waals surface area (Å²) in [4.78, 5) is 16.1. The molecule has 1 aliphatic rings. The summed E-state index contributed by atoms with van der Waals surface area (Å²) in [5.74, 6) is 0.0662. The highest BCUT2D eigenvalue weighted by molar-refractivity contribution is 5.76. The lowest BCUT2D eigenvalue weighted by molar-refractivity contribution is -0.122. The van der Waals surface area contributed by atoms with Gasteiger partial charge in [-0.3, -0.25) is 9.69 Å². The second kappa shape index (κ2) is 6.93. The minimum Gasteiger partial charge on any atom is -0.359 e. The Kier molecular flexibility index (Phi) is 5.88. The highest BCUT2D eigenvalue weighted by Gasteiger charge is 2.26. The minimum absolute atomic E-state index is 0.0662. The maximum Gasteiger partial charge on any atom is 0.221 e. The number of piperidine rings is 1. The van der Waals surface area contributed by atoms with Crippen molar-refractivity contribution >= 4 is 5.91 Å². The standard InChI is InChI=1S/C12H26N4O/c1-14-12(17)7-11(8-13)16(3)10-5-4-6-15(2)9-10/h10-11H,4-9,13H2,1-3H3,(H,14,17). The van der Waals surface area contributed by atoms with Crippen LogP contribution < -0.4 is 11.1 Å². The van der Waals surface area contributed by atoms with Gasteiger partial charge in [-0.1, -0.05) is 0 Å². The van der Waals surface area contributed by atoms with Gasteiger partial charge >= 0.3 is 0 Å². The Morgan fingerprint density at radius 3 is 2.88 bits per heavy atom. The molecule has 0 aliphatic carbocycles. The Morgan fingerprint density at radius 1 is 1.65 bits per heavy atom. The number of likely N-dealkylation sites (N-methyl/N-ethyl adjacent to an activating group) is 2. The average molecular weight is 242 g/mol. The molecule has 3 N–H and O–H groups in total. The Hall–Kier alpha value is -0.650. The number of rotatable bonds is 5. The summed E-state index contributed by atoms with van der Waals surface area (Å²) in [6.45, 7) is 2.78. The first kappa shape index (κ1) is 14.4. The molecule has 0 aromatic rings. The lowest BCUT2D eigenvalue weighted by Crippen LogP contribution is -2.52. The maximum absolute atomic E-state index is 11.4. The fourth-order valence-electron chi connectivity index (χ4n) is 2.48. The van der Waals surface area contributed by atoms with Gasteiger partial charge in [-0.2, -0.15) is 0 Å². The van der Waals surface area contributed by atoms with Crippen LogP contribution in [0.4, 0.5) is 0 Å². The molecule has 1 fully saturated rings. The van der Waals surface area contributed by atoms with E-state index >= 15 is 0 Å². The van der Waals surface area contributed by atoms with E-state index in [1.54, 1.807) is 7.05 Å². The molecular formula is C12H26N4O. The van der Waals surface area contributed by atoms with Gasteiger partial charge in [0.2, 0.25) is 5.91 Å². The summed E-state index contributed by atoms with van der Waals surface area (Å²) in [5, 5.41) is 2.66. The molecular weight excluding hydrogens is 216 g/mol. The van der Waals surface area contributed by atoms with E-state index in [1.165, 1.54) is 19.4 Å². The molecule has 0 aromatic heterocycles. The van der Waals surface area contributed by atoms with Crippen LogP contribution in [0.3, 0.4) is 0 Å². The highest BCUT2D eigenvalue weighted by atomic mass is 16.1. The summed E-state index contributed by atoms with van der Waals surface area (Å²) in [5.41, 5.74) is 5.78. The molecule has 0 bridgehead atoms.